The zero-order chi connectivity index (χ0) is 39.7. The molecule has 0 saturated carbocycles. The van der Waals surface area contributed by atoms with Crippen molar-refractivity contribution in [2.75, 3.05) is 70.1 Å². The van der Waals surface area contributed by atoms with E-state index in [0.717, 1.165) is 36.5 Å². The van der Waals surface area contributed by atoms with Crippen molar-refractivity contribution in [3.8, 4) is 0 Å². The van der Waals surface area contributed by atoms with Gasteiger partial charge in [-0.25, -0.2) is 0 Å². The van der Waals surface area contributed by atoms with Gasteiger partial charge >= 0.3 is 0 Å². The SMILES string of the molecule is BC(C)(CCS)OCCC(C)(C)OCC(COC(B)(C)CCO)(COC(B)(C)CCOC(C)(C)CCS)COC(C)(C)CCOC(B)(C)CCS. The second-order valence-electron chi connectivity index (χ2n) is 18.7. The summed E-state index contributed by atoms with van der Waals surface area (Å²) in [6, 6.07) is 0. The number of rotatable bonds is 32. The molecule has 0 spiro atoms. The van der Waals surface area contributed by atoms with E-state index in [4.69, 9.17) is 33.2 Å². The molecule has 0 aliphatic heterocycles. The van der Waals surface area contributed by atoms with Gasteiger partial charge in [-0.1, -0.05) is 0 Å². The molecule has 0 aromatic heterocycles. The van der Waals surface area contributed by atoms with Crippen LogP contribution in [0.25, 0.3) is 0 Å². The average molecular weight is 778 g/mol. The minimum atomic E-state index is -0.664. The molecule has 0 rings (SSSR count). The van der Waals surface area contributed by atoms with Crippen molar-refractivity contribution in [2.24, 2.45) is 5.41 Å². The Hall–Kier alpha value is 0.990. The quantitative estimate of drug-likeness (QED) is 0.0613. The van der Waals surface area contributed by atoms with Crippen LogP contribution in [0.1, 0.15) is 114 Å². The van der Waals surface area contributed by atoms with Gasteiger partial charge in [0.05, 0.1) is 48.6 Å². The Labute approximate surface area is 334 Å². The second kappa shape index (κ2) is 23.3. The van der Waals surface area contributed by atoms with Crippen molar-refractivity contribution in [3.63, 3.8) is 0 Å². The van der Waals surface area contributed by atoms with Gasteiger partial charge in [0.15, 0.2) is 0 Å². The smallest absolute Gasteiger partial charge is 0.143 e. The predicted molar refractivity (Wildman–Crippen MR) is 235 cm³/mol. The van der Waals surface area contributed by atoms with Gasteiger partial charge in [0.1, 0.15) is 31.4 Å². The molecule has 0 aromatic rings. The van der Waals surface area contributed by atoms with Gasteiger partial charge in [-0.3, -0.25) is 0 Å². The van der Waals surface area contributed by atoms with Crippen LogP contribution >= 0.6 is 37.9 Å². The third-order valence-corrected chi connectivity index (χ3v) is 10.2. The fourth-order valence-corrected chi connectivity index (χ4v) is 6.56. The molecule has 0 aliphatic carbocycles. The maximum Gasteiger partial charge on any atom is 0.143 e. The van der Waals surface area contributed by atoms with Gasteiger partial charge in [-0.2, -0.15) is 37.9 Å². The molecular formula is C36H78B4O8S3. The van der Waals surface area contributed by atoms with Gasteiger partial charge in [-0.05, 0) is 131 Å². The molecule has 0 aliphatic rings. The van der Waals surface area contributed by atoms with E-state index in [2.05, 4.69) is 124 Å². The van der Waals surface area contributed by atoms with E-state index < -0.39 is 27.6 Å². The zero-order valence-electron chi connectivity index (χ0n) is 35.4. The molecule has 0 saturated heterocycles. The van der Waals surface area contributed by atoms with Crippen LogP contribution in [0.4, 0.5) is 0 Å². The third kappa shape index (κ3) is 25.7. The first-order chi connectivity index (χ1) is 23.2. The van der Waals surface area contributed by atoms with Crippen LogP contribution < -0.4 is 0 Å². The van der Waals surface area contributed by atoms with Crippen molar-refractivity contribution in [1.82, 2.24) is 0 Å². The molecule has 15 heteroatoms. The first-order valence-electron chi connectivity index (χ1n) is 19.1. The van der Waals surface area contributed by atoms with Crippen LogP contribution in [0.15, 0.2) is 0 Å². The van der Waals surface area contributed by atoms with Crippen molar-refractivity contribution in [3.05, 3.63) is 0 Å². The standard InChI is InChI=1S/C36H78B4O8S3/c1-29(2,12-19-43-34(9,39)16-23-50)45-25-36(27-47-32(7,37)11-18-41,26-46-30(3,4)13-20-44-35(10,40)17-24-51)28-48-33(8,38)14-21-42-31(5,6)15-22-49/h41,49-51H,11-28,37-40H2,1-10H3. The molecule has 51 heavy (non-hydrogen) atoms. The highest BCUT2D eigenvalue weighted by molar-refractivity contribution is 7.80. The van der Waals surface area contributed by atoms with Crippen molar-refractivity contribution in [1.29, 1.82) is 0 Å². The fourth-order valence-electron chi connectivity index (χ4n) is 4.95. The largest absolute Gasteiger partial charge is 0.396 e. The maximum atomic E-state index is 9.78. The Kier molecular flexibility index (Phi) is 23.7. The van der Waals surface area contributed by atoms with Crippen LogP contribution in [0, 0.1) is 5.41 Å². The van der Waals surface area contributed by atoms with Gasteiger partial charge in [0.2, 0.25) is 0 Å². The predicted octanol–water partition coefficient (Wildman–Crippen LogP) is 3.33. The van der Waals surface area contributed by atoms with Gasteiger partial charge in [0.25, 0.3) is 0 Å². The van der Waals surface area contributed by atoms with Gasteiger partial charge < -0.3 is 38.3 Å². The molecule has 8 nitrogen and oxygen atoms in total. The monoisotopic (exact) mass is 779 g/mol. The van der Waals surface area contributed by atoms with Gasteiger partial charge in [-0.15, -0.1) is 0 Å². The van der Waals surface area contributed by atoms with E-state index in [-0.39, 0.29) is 23.2 Å². The first kappa shape index (κ1) is 52.0. The summed E-state index contributed by atoms with van der Waals surface area (Å²) in [5, 5.41) is 9.78. The van der Waals surface area contributed by atoms with Crippen molar-refractivity contribution < 1.29 is 38.3 Å². The molecule has 300 valence electrons. The molecule has 4 atom stereocenters. The Bertz CT molecular complexity index is 842. The van der Waals surface area contributed by atoms with E-state index in [9.17, 15) is 5.11 Å². The van der Waals surface area contributed by atoms with E-state index in [0.29, 0.717) is 71.9 Å². The van der Waals surface area contributed by atoms with E-state index in [1.165, 1.54) is 0 Å². The van der Waals surface area contributed by atoms with E-state index in [1.807, 2.05) is 14.8 Å². The molecule has 0 bridgehead atoms. The average Bonchev–Trinajstić information content (AvgIpc) is 2.95. The minimum absolute atomic E-state index is 0.0350. The lowest BCUT2D eigenvalue weighted by Gasteiger charge is -2.42. The van der Waals surface area contributed by atoms with Crippen LogP contribution in [-0.4, -0.2) is 145 Å². The summed E-state index contributed by atoms with van der Waals surface area (Å²) in [6.07, 6.45) is 5.27. The number of hydrogen-bond acceptors (Lipinski definition) is 11. The van der Waals surface area contributed by atoms with Crippen molar-refractivity contribution in [2.45, 2.75) is 153 Å². The van der Waals surface area contributed by atoms with Crippen molar-refractivity contribution >= 4 is 69.3 Å². The highest BCUT2D eigenvalue weighted by atomic mass is 32.1. The normalized spacial score (nSPS) is 19.1. The summed E-state index contributed by atoms with van der Waals surface area (Å²) < 4.78 is 45.6. The van der Waals surface area contributed by atoms with Gasteiger partial charge in [0, 0.05) is 48.4 Å². The van der Waals surface area contributed by atoms with Crippen LogP contribution in [0.5, 0.6) is 0 Å². The lowest BCUT2D eigenvalue weighted by molar-refractivity contribution is -0.184. The van der Waals surface area contributed by atoms with Crippen LogP contribution in [0.3, 0.4) is 0 Å². The highest BCUT2D eigenvalue weighted by Crippen LogP contribution is 2.32. The summed E-state index contributed by atoms with van der Waals surface area (Å²) in [5.74, 6) is 2.31. The number of thiol groups is 3. The van der Waals surface area contributed by atoms with E-state index in [1.54, 1.807) is 0 Å². The molecular weight excluding hydrogens is 700 g/mol. The molecule has 0 radical (unpaired) electrons. The lowest BCUT2D eigenvalue weighted by atomic mass is 9.79. The molecule has 0 aromatic carbocycles. The fraction of sp³-hybridized carbons (Fsp3) is 1.00. The summed E-state index contributed by atoms with van der Waals surface area (Å²) >= 11 is 13.2. The number of aliphatic hydroxyl groups is 1. The number of hydrogen-bond donors (Lipinski definition) is 4. The zero-order valence-corrected chi connectivity index (χ0v) is 38.1. The first-order valence-corrected chi connectivity index (χ1v) is 21.0. The molecule has 0 heterocycles. The molecule has 0 amide bonds. The third-order valence-electron chi connectivity index (χ3n) is 9.52. The summed E-state index contributed by atoms with van der Waals surface area (Å²) in [4.78, 5) is 0. The molecule has 0 fully saturated rings. The molecule has 1 N–H and O–H groups in total. The summed E-state index contributed by atoms with van der Waals surface area (Å²) in [6.45, 7) is 24.0. The summed E-state index contributed by atoms with van der Waals surface area (Å²) in [5.41, 5.74) is -3.39. The van der Waals surface area contributed by atoms with Crippen LogP contribution in [-0.2, 0) is 33.2 Å². The van der Waals surface area contributed by atoms with E-state index >= 15 is 0 Å². The number of ether oxygens (including phenoxy) is 7. The Morgan fingerprint density at radius 3 is 1.08 bits per heavy atom. The Morgan fingerprint density at radius 2 is 0.706 bits per heavy atom. The maximum absolute atomic E-state index is 9.78. The Balaban J connectivity index is 6.27. The minimum Gasteiger partial charge on any atom is -0.396 e. The summed E-state index contributed by atoms with van der Waals surface area (Å²) in [7, 11) is 8.31. The second-order valence-corrected chi connectivity index (χ2v) is 20.0. The highest BCUT2D eigenvalue weighted by Gasteiger charge is 2.40. The lowest BCUT2D eigenvalue weighted by Crippen LogP contribution is -2.50. The number of aliphatic hydroxyl groups excluding tert-OH is 1. The van der Waals surface area contributed by atoms with Crippen LogP contribution in [0.2, 0.25) is 0 Å². The topological polar surface area (TPSA) is 84.8 Å². The molecule has 4 unspecified atom stereocenters. The Morgan fingerprint density at radius 1 is 0.392 bits per heavy atom.